The highest BCUT2D eigenvalue weighted by Crippen LogP contribution is 2.19. The number of carbonyl (C=O) groups is 2. The van der Waals surface area contributed by atoms with Gasteiger partial charge in [-0.15, -0.1) is 0 Å². The highest BCUT2D eigenvalue weighted by Gasteiger charge is 2.08. The van der Waals surface area contributed by atoms with Gasteiger partial charge in [-0.05, 0) is 30.2 Å². The van der Waals surface area contributed by atoms with E-state index in [0.717, 1.165) is 11.1 Å². The Labute approximate surface area is 139 Å². The topological polar surface area (TPSA) is 67.4 Å². The summed E-state index contributed by atoms with van der Waals surface area (Å²) in [6.07, 6.45) is -0.646. The van der Waals surface area contributed by atoms with E-state index in [0.29, 0.717) is 10.7 Å². The summed E-state index contributed by atoms with van der Waals surface area (Å²) in [5, 5.41) is 5.62. The average molecular weight is 333 g/mol. The van der Waals surface area contributed by atoms with E-state index in [-0.39, 0.29) is 19.1 Å². The van der Waals surface area contributed by atoms with Gasteiger partial charge in [-0.2, -0.15) is 0 Å². The van der Waals surface area contributed by atoms with Gasteiger partial charge in [0.25, 0.3) is 0 Å². The van der Waals surface area contributed by atoms with Gasteiger partial charge >= 0.3 is 6.09 Å². The van der Waals surface area contributed by atoms with Crippen LogP contribution < -0.4 is 10.6 Å². The Bertz CT molecular complexity index is 689. The molecule has 120 valence electrons. The standard InChI is InChI=1S/C17H17ClN2O3/c1-12-7-8-14(18)9-15(12)20-16(21)10-19-17(22)23-11-13-5-3-2-4-6-13/h2-9H,10-11H2,1H3,(H,19,22)(H,20,21). The highest BCUT2D eigenvalue weighted by molar-refractivity contribution is 6.31. The van der Waals surface area contributed by atoms with Gasteiger partial charge in [-0.3, -0.25) is 4.79 Å². The first kappa shape index (κ1) is 16.8. The SMILES string of the molecule is Cc1ccc(Cl)cc1NC(=O)CNC(=O)OCc1ccccc1. The van der Waals surface area contributed by atoms with Gasteiger partial charge in [0.2, 0.25) is 5.91 Å². The molecule has 0 aliphatic carbocycles. The van der Waals surface area contributed by atoms with E-state index in [1.54, 1.807) is 18.2 Å². The van der Waals surface area contributed by atoms with Crippen molar-refractivity contribution in [1.29, 1.82) is 0 Å². The van der Waals surface area contributed by atoms with Gasteiger partial charge in [-0.1, -0.05) is 48.0 Å². The summed E-state index contributed by atoms with van der Waals surface area (Å²) in [5.41, 5.74) is 2.37. The third kappa shape index (κ3) is 5.64. The van der Waals surface area contributed by atoms with Crippen LogP contribution in [0.4, 0.5) is 10.5 Å². The zero-order chi connectivity index (χ0) is 16.7. The van der Waals surface area contributed by atoms with Crippen LogP contribution in [0, 0.1) is 6.92 Å². The van der Waals surface area contributed by atoms with Crippen LogP contribution in [-0.2, 0) is 16.1 Å². The average Bonchev–Trinajstić information content (AvgIpc) is 2.55. The van der Waals surface area contributed by atoms with Crippen molar-refractivity contribution >= 4 is 29.3 Å². The van der Waals surface area contributed by atoms with Crippen LogP contribution >= 0.6 is 11.6 Å². The number of hydrogen-bond acceptors (Lipinski definition) is 3. The predicted octanol–water partition coefficient (Wildman–Crippen LogP) is 3.51. The molecule has 23 heavy (non-hydrogen) atoms. The van der Waals surface area contributed by atoms with Crippen LogP contribution in [0.15, 0.2) is 48.5 Å². The van der Waals surface area contributed by atoms with Gasteiger partial charge in [-0.25, -0.2) is 4.79 Å². The summed E-state index contributed by atoms with van der Waals surface area (Å²) in [6, 6.07) is 14.5. The lowest BCUT2D eigenvalue weighted by atomic mass is 10.2. The molecule has 0 bridgehead atoms. The molecule has 0 spiro atoms. The number of rotatable bonds is 5. The Morgan fingerprint density at radius 3 is 2.61 bits per heavy atom. The van der Waals surface area contributed by atoms with Crippen LogP contribution in [0.5, 0.6) is 0 Å². The molecule has 0 fully saturated rings. The number of ether oxygens (including phenoxy) is 1. The van der Waals surface area contributed by atoms with E-state index in [2.05, 4.69) is 10.6 Å². The summed E-state index contributed by atoms with van der Waals surface area (Å²) in [6.45, 7) is 1.83. The molecule has 2 N–H and O–H groups in total. The number of amides is 2. The number of carbonyl (C=O) groups excluding carboxylic acids is 2. The fourth-order valence-electron chi connectivity index (χ4n) is 1.85. The van der Waals surface area contributed by atoms with E-state index in [4.69, 9.17) is 16.3 Å². The quantitative estimate of drug-likeness (QED) is 0.880. The molecule has 5 nitrogen and oxygen atoms in total. The molecule has 6 heteroatoms. The Morgan fingerprint density at radius 1 is 1.13 bits per heavy atom. The molecule has 0 unspecified atom stereocenters. The van der Waals surface area contributed by atoms with Crippen molar-refractivity contribution in [1.82, 2.24) is 5.32 Å². The molecule has 0 saturated carbocycles. The van der Waals surface area contributed by atoms with Crippen LogP contribution in [0.3, 0.4) is 0 Å². The maximum Gasteiger partial charge on any atom is 0.407 e. The number of nitrogens with one attached hydrogen (secondary N) is 2. The Hall–Kier alpha value is -2.53. The zero-order valence-electron chi connectivity index (χ0n) is 12.6. The minimum Gasteiger partial charge on any atom is -0.445 e. The number of anilines is 1. The van der Waals surface area contributed by atoms with Crippen molar-refractivity contribution < 1.29 is 14.3 Å². The minimum atomic E-state index is -0.646. The van der Waals surface area contributed by atoms with Crippen molar-refractivity contribution in [3.63, 3.8) is 0 Å². The van der Waals surface area contributed by atoms with Crippen molar-refractivity contribution in [2.75, 3.05) is 11.9 Å². The third-order valence-electron chi connectivity index (χ3n) is 3.08. The van der Waals surface area contributed by atoms with Crippen molar-refractivity contribution in [3.8, 4) is 0 Å². The summed E-state index contributed by atoms with van der Waals surface area (Å²) in [5.74, 6) is -0.355. The number of alkyl carbamates (subject to hydrolysis) is 1. The van der Waals surface area contributed by atoms with Gasteiger partial charge in [0.15, 0.2) is 0 Å². The Balaban J connectivity index is 1.75. The summed E-state index contributed by atoms with van der Waals surface area (Å²) in [4.78, 5) is 23.4. The molecule has 0 atom stereocenters. The molecule has 2 rings (SSSR count). The molecule has 0 aliphatic rings. The van der Waals surface area contributed by atoms with Crippen LogP contribution in [0.25, 0.3) is 0 Å². The summed E-state index contributed by atoms with van der Waals surface area (Å²) >= 11 is 5.89. The lowest BCUT2D eigenvalue weighted by molar-refractivity contribution is -0.115. The minimum absolute atomic E-state index is 0.154. The monoisotopic (exact) mass is 332 g/mol. The second-order valence-corrected chi connectivity index (χ2v) is 5.36. The molecular weight excluding hydrogens is 316 g/mol. The van der Waals surface area contributed by atoms with E-state index < -0.39 is 6.09 Å². The Morgan fingerprint density at radius 2 is 1.87 bits per heavy atom. The third-order valence-corrected chi connectivity index (χ3v) is 3.31. The molecular formula is C17H17ClN2O3. The van der Waals surface area contributed by atoms with E-state index in [1.165, 1.54) is 0 Å². The second kappa shape index (κ2) is 8.19. The number of hydrogen-bond donors (Lipinski definition) is 2. The lowest BCUT2D eigenvalue weighted by Crippen LogP contribution is -2.33. The first-order chi connectivity index (χ1) is 11.0. The first-order valence-electron chi connectivity index (χ1n) is 7.05. The van der Waals surface area contributed by atoms with Crippen LogP contribution in [0.2, 0.25) is 5.02 Å². The highest BCUT2D eigenvalue weighted by atomic mass is 35.5. The Kier molecular flexibility index (Phi) is 6.00. The molecule has 0 saturated heterocycles. The van der Waals surface area contributed by atoms with E-state index >= 15 is 0 Å². The molecule has 2 amide bonds. The summed E-state index contributed by atoms with van der Waals surface area (Å²) < 4.78 is 5.02. The molecule has 0 heterocycles. The maximum absolute atomic E-state index is 11.8. The van der Waals surface area contributed by atoms with Gasteiger partial charge in [0.1, 0.15) is 13.2 Å². The normalized spacial score (nSPS) is 10.0. The van der Waals surface area contributed by atoms with E-state index in [1.807, 2.05) is 37.3 Å². The zero-order valence-corrected chi connectivity index (χ0v) is 13.4. The smallest absolute Gasteiger partial charge is 0.407 e. The van der Waals surface area contributed by atoms with Gasteiger partial charge in [0.05, 0.1) is 0 Å². The van der Waals surface area contributed by atoms with Crippen LogP contribution in [-0.4, -0.2) is 18.5 Å². The lowest BCUT2D eigenvalue weighted by Gasteiger charge is -2.10. The van der Waals surface area contributed by atoms with Gasteiger partial charge < -0.3 is 15.4 Å². The fourth-order valence-corrected chi connectivity index (χ4v) is 2.02. The molecule has 2 aromatic rings. The van der Waals surface area contributed by atoms with Crippen molar-refractivity contribution in [2.45, 2.75) is 13.5 Å². The largest absolute Gasteiger partial charge is 0.445 e. The first-order valence-corrected chi connectivity index (χ1v) is 7.43. The van der Waals surface area contributed by atoms with Crippen LogP contribution in [0.1, 0.15) is 11.1 Å². The molecule has 0 aliphatic heterocycles. The molecule has 2 aromatic carbocycles. The van der Waals surface area contributed by atoms with Crippen molar-refractivity contribution in [2.24, 2.45) is 0 Å². The fraction of sp³-hybridized carbons (Fsp3) is 0.176. The number of aryl methyl sites for hydroxylation is 1. The number of halogens is 1. The second-order valence-electron chi connectivity index (χ2n) is 4.92. The molecule has 0 aromatic heterocycles. The molecule has 0 radical (unpaired) electrons. The maximum atomic E-state index is 11.8. The summed E-state index contributed by atoms with van der Waals surface area (Å²) in [7, 11) is 0. The van der Waals surface area contributed by atoms with Gasteiger partial charge in [0, 0.05) is 10.7 Å². The predicted molar refractivity (Wildman–Crippen MR) is 89.4 cm³/mol. The van der Waals surface area contributed by atoms with Crippen molar-refractivity contribution in [3.05, 3.63) is 64.7 Å². The van der Waals surface area contributed by atoms with E-state index in [9.17, 15) is 9.59 Å². The number of benzene rings is 2.